The number of benzene rings is 3. The first-order valence-electron chi connectivity index (χ1n) is 13.4. The van der Waals surface area contributed by atoms with E-state index in [2.05, 4.69) is 67.7 Å². The van der Waals surface area contributed by atoms with Gasteiger partial charge in [0.25, 0.3) is 0 Å². The molecule has 0 bridgehead atoms. The summed E-state index contributed by atoms with van der Waals surface area (Å²) in [7, 11) is -1.95. The van der Waals surface area contributed by atoms with Crippen LogP contribution in [0.2, 0.25) is 13.1 Å². The molecule has 5 aromatic rings. The Hall–Kier alpha value is -3.05. The van der Waals surface area contributed by atoms with Gasteiger partial charge in [-0.25, -0.2) is 0 Å². The Balaban J connectivity index is 0.000000229. The minimum Gasteiger partial charge on any atom is -0.512 e. The van der Waals surface area contributed by atoms with Gasteiger partial charge in [-0.1, -0.05) is 101 Å². The van der Waals surface area contributed by atoms with E-state index < -0.39 is 13.5 Å². The number of aliphatic hydroxyl groups is 1. The Morgan fingerprint density at radius 2 is 1.57 bits per heavy atom. The first-order chi connectivity index (χ1) is 18.2. The Morgan fingerprint density at radius 3 is 2.25 bits per heavy atom. The number of carbonyl (C=O) groups excluding carboxylic acids is 1. The molecule has 3 heterocycles. The van der Waals surface area contributed by atoms with Gasteiger partial charge in [0, 0.05) is 59.7 Å². The summed E-state index contributed by atoms with van der Waals surface area (Å²) in [4.78, 5) is 16.3. The van der Waals surface area contributed by atoms with Crippen LogP contribution in [-0.2, 0) is 24.9 Å². The molecule has 0 saturated heterocycles. The summed E-state index contributed by atoms with van der Waals surface area (Å²) in [6, 6.07) is 23.0. The van der Waals surface area contributed by atoms with Crippen molar-refractivity contribution in [2.24, 2.45) is 10.8 Å². The number of furan rings is 1. The molecule has 0 spiro atoms. The number of rotatable bonds is 1. The van der Waals surface area contributed by atoms with Crippen LogP contribution in [0, 0.1) is 16.9 Å². The SMILES string of the molecule is CC(C)(C)C(=O)/C=C(\O)C(C)(C)C.C[Si]1(C)c2cc3ccccc3[c-]c2-c2nccc3oc4cccc1c4c23.[Ir]. The van der Waals surface area contributed by atoms with E-state index in [1.54, 1.807) is 0 Å². The van der Waals surface area contributed by atoms with Crippen molar-refractivity contribution in [1.82, 2.24) is 4.98 Å². The number of pyridine rings is 1. The van der Waals surface area contributed by atoms with Gasteiger partial charge in [0.05, 0.1) is 8.07 Å². The fraction of sp³-hybridized carbons (Fsp3) is 0.294. The van der Waals surface area contributed by atoms with E-state index in [1.807, 2.05) is 53.8 Å². The molecule has 0 aliphatic carbocycles. The summed E-state index contributed by atoms with van der Waals surface area (Å²) in [5.41, 5.74) is 3.26. The van der Waals surface area contributed by atoms with Crippen molar-refractivity contribution in [2.75, 3.05) is 0 Å². The van der Waals surface area contributed by atoms with Crippen molar-refractivity contribution in [1.29, 1.82) is 0 Å². The topological polar surface area (TPSA) is 63.3 Å². The van der Waals surface area contributed by atoms with E-state index in [9.17, 15) is 9.90 Å². The van der Waals surface area contributed by atoms with Crippen LogP contribution in [0.15, 0.2) is 77.0 Å². The molecule has 1 aliphatic rings. The third-order valence-electron chi connectivity index (χ3n) is 7.56. The average molecular weight is 727 g/mol. The molecule has 40 heavy (non-hydrogen) atoms. The maximum Gasteiger partial charge on any atom is 0.164 e. The van der Waals surface area contributed by atoms with Crippen molar-refractivity contribution < 1.29 is 34.4 Å². The maximum atomic E-state index is 11.5. The van der Waals surface area contributed by atoms with Crippen LogP contribution < -0.4 is 10.4 Å². The molecule has 0 saturated carbocycles. The van der Waals surface area contributed by atoms with E-state index in [0.29, 0.717) is 0 Å². The predicted molar refractivity (Wildman–Crippen MR) is 165 cm³/mol. The van der Waals surface area contributed by atoms with Gasteiger partial charge >= 0.3 is 0 Å². The Kier molecular flexibility index (Phi) is 7.78. The van der Waals surface area contributed by atoms with E-state index in [-0.39, 0.29) is 37.1 Å². The van der Waals surface area contributed by atoms with Crippen molar-refractivity contribution in [2.45, 2.75) is 54.6 Å². The van der Waals surface area contributed by atoms with Crippen molar-refractivity contribution >= 4 is 56.9 Å². The van der Waals surface area contributed by atoms with Gasteiger partial charge in [-0.3, -0.25) is 9.78 Å². The van der Waals surface area contributed by atoms with Gasteiger partial charge in [0.2, 0.25) is 0 Å². The Bertz CT molecular complexity index is 1780. The van der Waals surface area contributed by atoms with Crippen LogP contribution >= 0.6 is 0 Å². The molecule has 0 amide bonds. The molecule has 0 unspecified atom stereocenters. The minimum absolute atomic E-state index is 0. The number of ketones is 1. The zero-order valence-electron chi connectivity index (χ0n) is 24.4. The molecule has 1 radical (unpaired) electrons. The van der Waals surface area contributed by atoms with Crippen molar-refractivity contribution in [3.05, 3.63) is 78.7 Å². The summed E-state index contributed by atoms with van der Waals surface area (Å²) in [6.07, 6.45) is 3.19. The normalized spacial score (nSPS) is 14.3. The van der Waals surface area contributed by atoms with E-state index in [0.717, 1.165) is 33.2 Å². The fourth-order valence-corrected chi connectivity index (χ4v) is 8.02. The minimum atomic E-state index is -1.95. The summed E-state index contributed by atoms with van der Waals surface area (Å²) in [5.74, 6) is 0.104. The monoisotopic (exact) mass is 727 g/mol. The van der Waals surface area contributed by atoms with Crippen LogP contribution in [0.4, 0.5) is 0 Å². The molecule has 4 nitrogen and oxygen atoms in total. The molecule has 6 heteroatoms. The summed E-state index contributed by atoms with van der Waals surface area (Å²) < 4.78 is 6.17. The van der Waals surface area contributed by atoms with Crippen molar-refractivity contribution in [3.8, 4) is 11.3 Å². The van der Waals surface area contributed by atoms with E-state index >= 15 is 0 Å². The van der Waals surface area contributed by atoms with Crippen molar-refractivity contribution in [3.63, 3.8) is 0 Å². The average Bonchev–Trinajstić information content (AvgIpc) is 3.22. The van der Waals surface area contributed by atoms with E-state index in [4.69, 9.17) is 9.40 Å². The van der Waals surface area contributed by atoms with Crippen LogP contribution in [-0.4, -0.2) is 23.9 Å². The van der Waals surface area contributed by atoms with Crippen LogP contribution in [0.25, 0.3) is 44.0 Å². The Labute approximate surface area is 250 Å². The van der Waals surface area contributed by atoms with Gasteiger partial charge < -0.3 is 9.52 Å². The first kappa shape index (κ1) is 29.9. The smallest absolute Gasteiger partial charge is 0.164 e. The fourth-order valence-electron chi connectivity index (χ4n) is 5.02. The quantitative estimate of drug-likeness (QED) is 0.0829. The number of allylic oxidation sites excluding steroid dienone is 2. The summed E-state index contributed by atoms with van der Waals surface area (Å²) >= 11 is 0. The molecular weight excluding hydrogens is 691 g/mol. The van der Waals surface area contributed by atoms with Crippen LogP contribution in [0.1, 0.15) is 41.5 Å². The molecule has 0 atom stereocenters. The van der Waals surface area contributed by atoms with Crippen LogP contribution in [0.3, 0.4) is 0 Å². The van der Waals surface area contributed by atoms with Gasteiger partial charge in [-0.15, -0.1) is 28.8 Å². The molecule has 1 N–H and O–H groups in total. The van der Waals surface area contributed by atoms with Crippen LogP contribution in [0.5, 0.6) is 0 Å². The van der Waals surface area contributed by atoms with E-state index in [1.165, 1.54) is 27.2 Å². The first-order valence-corrected chi connectivity index (χ1v) is 16.4. The second-order valence-corrected chi connectivity index (χ2v) is 17.3. The number of aliphatic hydroxyl groups excluding tert-OH is 1. The van der Waals surface area contributed by atoms with Gasteiger partial charge in [0.1, 0.15) is 16.9 Å². The number of nitrogens with zero attached hydrogens (tertiary/aromatic N) is 1. The van der Waals surface area contributed by atoms with Gasteiger partial charge in [-0.05, 0) is 12.1 Å². The molecular formula is C34H36IrNO3Si-. The molecule has 2 aromatic heterocycles. The molecule has 3 aromatic carbocycles. The largest absolute Gasteiger partial charge is 0.512 e. The molecule has 209 valence electrons. The molecule has 1 aliphatic heterocycles. The number of fused-ring (bicyclic) bond motifs is 3. The third kappa shape index (κ3) is 5.21. The molecule has 0 fully saturated rings. The van der Waals surface area contributed by atoms with Gasteiger partial charge in [-0.2, -0.15) is 0 Å². The molecule has 6 rings (SSSR count). The zero-order chi connectivity index (χ0) is 28.3. The number of hydrogen-bond donors (Lipinski definition) is 1. The number of hydrogen-bond acceptors (Lipinski definition) is 4. The summed E-state index contributed by atoms with van der Waals surface area (Å²) in [5, 5.41) is 17.2. The predicted octanol–water partition coefficient (Wildman–Crippen LogP) is 7.82. The number of aromatic nitrogens is 1. The second kappa shape index (κ2) is 10.4. The summed E-state index contributed by atoms with van der Waals surface area (Å²) in [6.45, 7) is 16.0. The maximum absolute atomic E-state index is 11.5. The zero-order valence-corrected chi connectivity index (χ0v) is 27.8. The van der Waals surface area contributed by atoms with Gasteiger partial charge in [0.15, 0.2) is 5.78 Å². The third-order valence-corrected chi connectivity index (χ3v) is 11.1. The second-order valence-electron chi connectivity index (χ2n) is 13.0. The number of carbonyl (C=O) groups is 1. The standard InChI is InChI=1S/C23H16NOSi.C11H20O2.Ir/c1-26(2)19-9-5-8-17-21(19)22-18(25-17)10-11-24-23(22)16-12-14-6-3-4-7-15(14)13-20(16)26;1-10(2,3)8(12)7-9(13)11(4,5)6;/h3-11,13H,1-2H3;7,12H,1-6H3;/q-1;;/b;8-7-;. The Morgan fingerprint density at radius 1 is 0.900 bits per heavy atom.